The number of ketones is 3. The van der Waals surface area contributed by atoms with Crippen LogP contribution in [-0.4, -0.2) is 17.3 Å². The van der Waals surface area contributed by atoms with Crippen molar-refractivity contribution in [2.24, 2.45) is 0 Å². The molecule has 0 saturated carbocycles. The minimum Gasteiger partial charge on any atom is -0.300 e. The molecule has 15 heavy (non-hydrogen) atoms. The van der Waals surface area contributed by atoms with Gasteiger partial charge in [-0.2, -0.15) is 0 Å². The molecule has 3 nitrogen and oxygen atoms in total. The molecule has 0 aromatic carbocycles. The summed E-state index contributed by atoms with van der Waals surface area (Å²) in [4.78, 5) is 29.4. The van der Waals surface area contributed by atoms with Gasteiger partial charge in [0.2, 0.25) is 0 Å². The molecule has 0 saturated heterocycles. The molecular formula is C12H24O3. The van der Waals surface area contributed by atoms with Crippen molar-refractivity contribution in [3.63, 3.8) is 0 Å². The molecule has 0 rings (SSSR count). The Morgan fingerprint density at radius 2 is 0.667 bits per heavy atom. The monoisotopic (exact) mass is 216 g/mol. The fourth-order valence-electron chi connectivity index (χ4n) is 0. The maximum Gasteiger partial charge on any atom is 0.129 e. The van der Waals surface area contributed by atoms with E-state index in [1.807, 2.05) is 20.8 Å². The van der Waals surface area contributed by atoms with Crippen molar-refractivity contribution in [2.45, 2.75) is 60.8 Å². The molecule has 0 N–H and O–H groups in total. The standard InChI is InChI=1S/3C4H8O/c3*1-3-4(2)5/h3*3H2,1-2H3. The van der Waals surface area contributed by atoms with Crippen molar-refractivity contribution in [3.8, 4) is 0 Å². The maximum absolute atomic E-state index is 9.81. The van der Waals surface area contributed by atoms with Gasteiger partial charge in [-0.1, -0.05) is 20.8 Å². The van der Waals surface area contributed by atoms with E-state index < -0.39 is 0 Å². The molecule has 0 unspecified atom stereocenters. The summed E-state index contributed by atoms with van der Waals surface area (Å²) in [6.45, 7) is 10.3. The summed E-state index contributed by atoms with van der Waals surface area (Å²) in [5.74, 6) is 0.764. The highest BCUT2D eigenvalue weighted by Gasteiger charge is 1.77. The lowest BCUT2D eigenvalue weighted by molar-refractivity contribution is -0.117. The Bertz CT molecular complexity index is 150. The van der Waals surface area contributed by atoms with Crippen LogP contribution in [0.15, 0.2) is 0 Å². The van der Waals surface area contributed by atoms with Gasteiger partial charge in [-0.25, -0.2) is 0 Å². The van der Waals surface area contributed by atoms with Crippen molar-refractivity contribution in [2.75, 3.05) is 0 Å². The Hall–Kier alpha value is -0.990. The molecule has 0 aliphatic carbocycles. The second kappa shape index (κ2) is 15.5. The summed E-state index contributed by atoms with van der Waals surface area (Å²) >= 11 is 0. The van der Waals surface area contributed by atoms with E-state index >= 15 is 0 Å². The lowest BCUT2D eigenvalue weighted by Gasteiger charge is -1.71. The maximum atomic E-state index is 9.81. The Morgan fingerprint density at radius 3 is 0.667 bits per heavy atom. The van der Waals surface area contributed by atoms with Gasteiger partial charge in [-0.05, 0) is 20.8 Å². The van der Waals surface area contributed by atoms with E-state index in [0.717, 1.165) is 0 Å². The smallest absolute Gasteiger partial charge is 0.129 e. The van der Waals surface area contributed by atoms with Crippen LogP contribution >= 0.6 is 0 Å². The third kappa shape index (κ3) is 62.8. The molecule has 0 amide bonds. The Kier molecular flexibility index (Phi) is 20.2. The Morgan fingerprint density at radius 1 is 0.600 bits per heavy atom. The van der Waals surface area contributed by atoms with Crippen LogP contribution in [0.5, 0.6) is 0 Å². The SMILES string of the molecule is CCC(C)=O.CCC(C)=O.CCC(C)=O. The molecular weight excluding hydrogens is 192 g/mol. The number of hydrogen-bond acceptors (Lipinski definition) is 3. The van der Waals surface area contributed by atoms with E-state index in [-0.39, 0.29) is 17.3 Å². The molecule has 0 heterocycles. The largest absolute Gasteiger partial charge is 0.300 e. The predicted molar refractivity (Wildman–Crippen MR) is 62.9 cm³/mol. The van der Waals surface area contributed by atoms with Gasteiger partial charge < -0.3 is 14.4 Å². The molecule has 0 aromatic heterocycles. The number of carbonyl (C=O) groups excluding carboxylic acids is 3. The summed E-state index contributed by atoms with van der Waals surface area (Å²) < 4.78 is 0. The van der Waals surface area contributed by atoms with Gasteiger partial charge in [0.15, 0.2) is 0 Å². The fraction of sp³-hybridized carbons (Fsp3) is 0.750. The average molecular weight is 216 g/mol. The summed E-state index contributed by atoms with van der Waals surface area (Å²) in [6.07, 6.45) is 2.00. The van der Waals surface area contributed by atoms with Crippen molar-refractivity contribution in [1.29, 1.82) is 0 Å². The van der Waals surface area contributed by atoms with E-state index in [2.05, 4.69) is 0 Å². The van der Waals surface area contributed by atoms with E-state index in [1.165, 1.54) is 0 Å². The van der Waals surface area contributed by atoms with Gasteiger partial charge in [0, 0.05) is 19.3 Å². The van der Waals surface area contributed by atoms with Crippen LogP contribution in [0.4, 0.5) is 0 Å². The summed E-state index contributed by atoms with van der Waals surface area (Å²) in [5, 5.41) is 0. The molecule has 0 aliphatic rings. The molecule has 0 aromatic rings. The Labute approximate surface area is 93.2 Å². The van der Waals surface area contributed by atoms with E-state index in [9.17, 15) is 14.4 Å². The van der Waals surface area contributed by atoms with E-state index in [4.69, 9.17) is 0 Å². The van der Waals surface area contributed by atoms with E-state index in [1.54, 1.807) is 20.8 Å². The predicted octanol–water partition coefficient (Wildman–Crippen LogP) is 2.96. The van der Waals surface area contributed by atoms with Gasteiger partial charge in [-0.3, -0.25) is 0 Å². The highest BCUT2D eigenvalue weighted by atomic mass is 16.1. The first kappa shape index (κ1) is 19.6. The van der Waals surface area contributed by atoms with Gasteiger partial charge in [-0.15, -0.1) is 0 Å². The lowest BCUT2D eigenvalue weighted by atomic mass is 10.4. The summed E-state index contributed by atoms with van der Waals surface area (Å²) in [6, 6.07) is 0. The molecule has 90 valence electrons. The van der Waals surface area contributed by atoms with Gasteiger partial charge in [0.05, 0.1) is 0 Å². The van der Waals surface area contributed by atoms with Crippen molar-refractivity contribution < 1.29 is 14.4 Å². The van der Waals surface area contributed by atoms with Crippen molar-refractivity contribution in [1.82, 2.24) is 0 Å². The topological polar surface area (TPSA) is 51.2 Å². The molecule has 0 spiro atoms. The first-order valence-corrected chi connectivity index (χ1v) is 5.29. The van der Waals surface area contributed by atoms with Crippen LogP contribution in [-0.2, 0) is 14.4 Å². The van der Waals surface area contributed by atoms with Gasteiger partial charge in [0.25, 0.3) is 0 Å². The molecule has 0 bridgehead atoms. The molecule has 3 heteroatoms. The van der Waals surface area contributed by atoms with Crippen LogP contribution in [0.2, 0.25) is 0 Å². The van der Waals surface area contributed by atoms with Crippen molar-refractivity contribution >= 4 is 17.3 Å². The zero-order valence-corrected chi connectivity index (χ0v) is 10.8. The van der Waals surface area contributed by atoms with Crippen LogP contribution in [0.25, 0.3) is 0 Å². The normalized spacial score (nSPS) is 7.60. The first-order valence-electron chi connectivity index (χ1n) is 5.29. The highest BCUT2D eigenvalue weighted by Crippen LogP contribution is 1.72. The van der Waals surface area contributed by atoms with Crippen LogP contribution in [0.1, 0.15) is 60.8 Å². The molecule has 0 aliphatic heterocycles. The van der Waals surface area contributed by atoms with E-state index in [0.29, 0.717) is 19.3 Å². The second-order valence-electron chi connectivity index (χ2n) is 3.17. The minimum absolute atomic E-state index is 0.255. The third-order valence-corrected chi connectivity index (χ3v) is 1.49. The zero-order chi connectivity index (χ0) is 12.9. The van der Waals surface area contributed by atoms with Gasteiger partial charge in [0.1, 0.15) is 17.3 Å². The third-order valence-electron chi connectivity index (χ3n) is 1.49. The number of rotatable bonds is 3. The fourth-order valence-corrected chi connectivity index (χ4v) is 0. The number of hydrogen-bond donors (Lipinski definition) is 0. The van der Waals surface area contributed by atoms with Crippen LogP contribution in [0.3, 0.4) is 0 Å². The lowest BCUT2D eigenvalue weighted by Crippen LogP contribution is -1.80. The van der Waals surface area contributed by atoms with Gasteiger partial charge >= 0.3 is 0 Å². The number of Topliss-reactive ketones (excluding diaryl/α,β-unsaturated/α-hetero) is 3. The quantitative estimate of drug-likeness (QED) is 0.728. The zero-order valence-electron chi connectivity index (χ0n) is 10.8. The second-order valence-corrected chi connectivity index (χ2v) is 3.17. The van der Waals surface area contributed by atoms with Crippen molar-refractivity contribution in [3.05, 3.63) is 0 Å². The first-order chi connectivity index (χ1) is 6.81. The van der Waals surface area contributed by atoms with Crippen LogP contribution < -0.4 is 0 Å². The molecule has 0 radical (unpaired) electrons. The molecule has 0 atom stereocenters. The average Bonchev–Trinajstić information content (AvgIpc) is 2.19. The minimum atomic E-state index is 0.255. The van der Waals surface area contributed by atoms with Crippen LogP contribution in [0, 0.1) is 0 Å². The highest BCUT2D eigenvalue weighted by molar-refractivity contribution is 5.75. The number of carbonyl (C=O) groups is 3. The Balaban J connectivity index is -0.000000144. The summed E-state index contributed by atoms with van der Waals surface area (Å²) in [7, 11) is 0. The molecule has 0 fully saturated rings. The summed E-state index contributed by atoms with van der Waals surface area (Å²) in [5.41, 5.74) is 0.